The van der Waals surface area contributed by atoms with Gasteiger partial charge < -0.3 is 10.0 Å². The largest absolute Gasteiger partial charge is 0.380 e. The number of amides is 1. The van der Waals surface area contributed by atoms with Gasteiger partial charge in [-0.15, -0.1) is 11.8 Å². The monoisotopic (exact) mass is 367 g/mol. The molecule has 3 heteroatoms. The second-order valence-electron chi connectivity index (χ2n) is 7.29. The Labute approximate surface area is 165 Å². The molecule has 0 bridgehead atoms. The zero-order valence-electron chi connectivity index (χ0n) is 17.4. The number of unbranched alkanes of at least 4 members (excludes halogenated alkanes) is 3. The summed E-state index contributed by atoms with van der Waals surface area (Å²) in [7, 11) is 0. The van der Waals surface area contributed by atoms with E-state index in [1.807, 2.05) is 63.8 Å². The van der Waals surface area contributed by atoms with Crippen molar-refractivity contribution < 1.29 is 9.90 Å². The zero-order valence-corrected chi connectivity index (χ0v) is 17.4. The van der Waals surface area contributed by atoms with Gasteiger partial charge in [0.25, 0.3) is 5.91 Å². The summed E-state index contributed by atoms with van der Waals surface area (Å²) in [5.74, 6) is 11.8. The van der Waals surface area contributed by atoms with E-state index in [4.69, 9.17) is 0 Å². The van der Waals surface area contributed by atoms with Crippen LogP contribution in [0.1, 0.15) is 82.6 Å². The standard InChI is InChI=1S/C24H33NO2/c1-6-7-8-9-10-11-15-23(26)17-16-21-13-12-14-22(18-21)24(27)25(19(2)3)20(4)5/h12-14,18-20,23,26H,8-11,15H2,1-5H3. The number of hydrogen-bond donors (Lipinski definition) is 1. The molecular weight excluding hydrogens is 334 g/mol. The van der Waals surface area contributed by atoms with Crippen LogP contribution < -0.4 is 0 Å². The Morgan fingerprint density at radius 3 is 2.44 bits per heavy atom. The summed E-state index contributed by atoms with van der Waals surface area (Å²) < 4.78 is 0. The van der Waals surface area contributed by atoms with Crippen molar-refractivity contribution in [3.05, 3.63) is 35.4 Å². The number of aliphatic hydroxyl groups is 1. The van der Waals surface area contributed by atoms with Gasteiger partial charge in [-0.3, -0.25) is 4.79 Å². The van der Waals surface area contributed by atoms with Crippen LogP contribution in [0.15, 0.2) is 24.3 Å². The summed E-state index contributed by atoms with van der Waals surface area (Å²) in [5, 5.41) is 10.0. The Kier molecular flexibility index (Phi) is 10.3. The first-order valence-corrected chi connectivity index (χ1v) is 9.88. The fourth-order valence-corrected chi connectivity index (χ4v) is 3.04. The Bertz CT molecular complexity index is 705. The van der Waals surface area contributed by atoms with E-state index in [1.165, 1.54) is 0 Å². The van der Waals surface area contributed by atoms with Crippen LogP contribution in [-0.4, -0.2) is 34.1 Å². The molecule has 1 aromatic rings. The molecule has 0 spiro atoms. The van der Waals surface area contributed by atoms with Crippen LogP contribution in [0.3, 0.4) is 0 Å². The molecule has 3 nitrogen and oxygen atoms in total. The number of nitrogens with zero attached hydrogens (tertiary/aromatic N) is 1. The van der Waals surface area contributed by atoms with Crippen molar-refractivity contribution in [2.75, 3.05) is 0 Å². The van der Waals surface area contributed by atoms with Crippen LogP contribution in [0.4, 0.5) is 0 Å². The first-order chi connectivity index (χ1) is 12.9. The Morgan fingerprint density at radius 1 is 1.11 bits per heavy atom. The Hall–Kier alpha value is -2.23. The summed E-state index contributed by atoms with van der Waals surface area (Å²) in [5.41, 5.74) is 1.39. The molecule has 1 aromatic carbocycles. The minimum absolute atomic E-state index is 0.0133. The van der Waals surface area contributed by atoms with Crippen molar-refractivity contribution in [2.45, 2.75) is 84.9 Å². The maximum Gasteiger partial charge on any atom is 0.254 e. The van der Waals surface area contributed by atoms with E-state index in [1.54, 1.807) is 0 Å². The topological polar surface area (TPSA) is 40.5 Å². The molecule has 0 heterocycles. The maximum atomic E-state index is 12.8. The molecular formula is C24H33NO2. The van der Waals surface area contributed by atoms with Crippen molar-refractivity contribution in [1.29, 1.82) is 0 Å². The van der Waals surface area contributed by atoms with Crippen molar-refractivity contribution in [3.8, 4) is 23.7 Å². The molecule has 0 radical (unpaired) electrons. The molecule has 146 valence electrons. The lowest BCUT2D eigenvalue weighted by Crippen LogP contribution is -2.42. The van der Waals surface area contributed by atoms with E-state index in [9.17, 15) is 9.90 Å². The predicted molar refractivity (Wildman–Crippen MR) is 112 cm³/mol. The van der Waals surface area contributed by atoms with Gasteiger partial charge in [0, 0.05) is 29.6 Å². The maximum absolute atomic E-state index is 12.8. The molecule has 1 atom stereocenters. The van der Waals surface area contributed by atoms with Gasteiger partial charge in [-0.25, -0.2) is 0 Å². The molecule has 27 heavy (non-hydrogen) atoms. The summed E-state index contributed by atoms with van der Waals surface area (Å²) in [6.45, 7) is 9.93. The van der Waals surface area contributed by atoms with Crippen molar-refractivity contribution in [3.63, 3.8) is 0 Å². The molecule has 1 unspecified atom stereocenters. The van der Waals surface area contributed by atoms with Crippen LogP contribution in [0.2, 0.25) is 0 Å². The third-order valence-electron chi connectivity index (χ3n) is 4.30. The van der Waals surface area contributed by atoms with E-state index in [0.29, 0.717) is 12.0 Å². The second kappa shape index (κ2) is 12.2. The van der Waals surface area contributed by atoms with Crippen LogP contribution in [-0.2, 0) is 0 Å². The number of aliphatic hydroxyl groups excluding tert-OH is 1. The molecule has 1 N–H and O–H groups in total. The summed E-state index contributed by atoms with van der Waals surface area (Å²) in [6.07, 6.45) is 4.01. The highest BCUT2D eigenvalue weighted by molar-refractivity contribution is 5.95. The smallest absolute Gasteiger partial charge is 0.254 e. The lowest BCUT2D eigenvalue weighted by molar-refractivity contribution is 0.0643. The fourth-order valence-electron chi connectivity index (χ4n) is 3.04. The van der Waals surface area contributed by atoms with E-state index in [0.717, 1.165) is 31.2 Å². The molecule has 0 saturated heterocycles. The number of carbonyl (C=O) groups is 1. The summed E-state index contributed by atoms with van der Waals surface area (Å²) >= 11 is 0. The lowest BCUT2D eigenvalue weighted by atomic mass is 10.1. The van der Waals surface area contributed by atoms with E-state index in [-0.39, 0.29) is 18.0 Å². The molecule has 1 rings (SSSR count). The average Bonchev–Trinajstić information content (AvgIpc) is 2.62. The van der Waals surface area contributed by atoms with Gasteiger partial charge in [0.05, 0.1) is 0 Å². The van der Waals surface area contributed by atoms with Gasteiger partial charge in [-0.05, 0) is 72.1 Å². The SMILES string of the molecule is CC#CCCCCCC(O)C#Cc1cccc(C(=O)N(C(C)C)C(C)C)c1. The van der Waals surface area contributed by atoms with Crippen molar-refractivity contribution in [1.82, 2.24) is 4.90 Å². The fraction of sp³-hybridized carbons (Fsp3) is 0.542. The molecule has 0 aliphatic carbocycles. The van der Waals surface area contributed by atoms with Gasteiger partial charge in [0.2, 0.25) is 0 Å². The zero-order chi connectivity index (χ0) is 20.2. The number of carbonyl (C=O) groups excluding carboxylic acids is 1. The first-order valence-electron chi connectivity index (χ1n) is 9.88. The van der Waals surface area contributed by atoms with Crippen molar-refractivity contribution in [2.24, 2.45) is 0 Å². The van der Waals surface area contributed by atoms with Gasteiger partial charge in [-0.1, -0.05) is 24.3 Å². The van der Waals surface area contributed by atoms with E-state index < -0.39 is 6.10 Å². The van der Waals surface area contributed by atoms with E-state index in [2.05, 4.69) is 23.7 Å². The van der Waals surface area contributed by atoms with Crippen LogP contribution in [0, 0.1) is 23.7 Å². The average molecular weight is 368 g/mol. The molecule has 0 saturated carbocycles. The minimum Gasteiger partial charge on any atom is -0.380 e. The van der Waals surface area contributed by atoms with Gasteiger partial charge >= 0.3 is 0 Å². The molecule has 1 amide bonds. The molecule has 0 aliphatic heterocycles. The molecule has 0 aromatic heterocycles. The summed E-state index contributed by atoms with van der Waals surface area (Å²) in [6, 6.07) is 7.62. The third kappa shape index (κ3) is 8.33. The lowest BCUT2D eigenvalue weighted by Gasteiger charge is -2.30. The first kappa shape index (κ1) is 22.8. The molecule has 0 fully saturated rings. The summed E-state index contributed by atoms with van der Waals surface area (Å²) in [4.78, 5) is 14.7. The van der Waals surface area contributed by atoms with Gasteiger partial charge in [0.15, 0.2) is 0 Å². The van der Waals surface area contributed by atoms with Crippen LogP contribution in [0.5, 0.6) is 0 Å². The van der Waals surface area contributed by atoms with Crippen molar-refractivity contribution >= 4 is 5.91 Å². The van der Waals surface area contributed by atoms with E-state index >= 15 is 0 Å². The number of rotatable bonds is 8. The highest BCUT2D eigenvalue weighted by Gasteiger charge is 2.21. The number of hydrogen-bond acceptors (Lipinski definition) is 2. The van der Waals surface area contributed by atoms with Gasteiger partial charge in [-0.2, -0.15) is 0 Å². The van der Waals surface area contributed by atoms with Crippen LogP contribution >= 0.6 is 0 Å². The minimum atomic E-state index is -0.635. The quantitative estimate of drug-likeness (QED) is 0.537. The van der Waals surface area contributed by atoms with Crippen LogP contribution in [0.25, 0.3) is 0 Å². The molecule has 0 aliphatic rings. The van der Waals surface area contributed by atoms with Gasteiger partial charge in [0.1, 0.15) is 6.10 Å². The normalized spacial score (nSPS) is 11.4. The highest BCUT2D eigenvalue weighted by Crippen LogP contribution is 2.14. The Balaban J connectivity index is 2.67. The highest BCUT2D eigenvalue weighted by atomic mass is 16.3. The predicted octanol–water partition coefficient (Wildman–Crippen LogP) is 4.63. The Morgan fingerprint density at radius 2 is 1.81 bits per heavy atom. The second-order valence-corrected chi connectivity index (χ2v) is 7.29. The third-order valence-corrected chi connectivity index (χ3v) is 4.30. The number of benzene rings is 1.